The van der Waals surface area contributed by atoms with Crippen LogP contribution in [0.5, 0.6) is 5.75 Å². The van der Waals surface area contributed by atoms with E-state index in [2.05, 4.69) is 0 Å². The summed E-state index contributed by atoms with van der Waals surface area (Å²) in [7, 11) is -4.36. The van der Waals surface area contributed by atoms with Crippen LogP contribution in [0.1, 0.15) is 11.1 Å². The molecular formula is C17H15NO8S. The standard InChI is InChI=1S/C11H10O3.C6H5NO5S/c1-6-7(2)11(13)14-10-5-8(12)3-4-9(6)10;8-7(9)5-2-1-3-6(4-5)13(10,11)12/h3-5,12H,1-2H3;1-4H,(H,10,11,12). The molecular weight excluding hydrogens is 378 g/mol. The van der Waals surface area contributed by atoms with Crippen LogP contribution in [0.2, 0.25) is 0 Å². The van der Waals surface area contributed by atoms with E-state index in [-0.39, 0.29) is 17.1 Å². The number of aromatic hydroxyl groups is 1. The van der Waals surface area contributed by atoms with E-state index in [1.807, 2.05) is 6.92 Å². The Balaban J connectivity index is 0.000000194. The number of phenolic OH excluding ortho intramolecular Hbond substituents is 1. The summed E-state index contributed by atoms with van der Waals surface area (Å²) in [6.07, 6.45) is 0. The van der Waals surface area contributed by atoms with E-state index in [4.69, 9.17) is 8.97 Å². The van der Waals surface area contributed by atoms with Gasteiger partial charge in [0.25, 0.3) is 15.8 Å². The highest BCUT2D eigenvalue weighted by Gasteiger charge is 2.13. The van der Waals surface area contributed by atoms with Gasteiger partial charge in [0.05, 0.1) is 4.92 Å². The molecule has 2 N–H and O–H groups in total. The van der Waals surface area contributed by atoms with Gasteiger partial charge in [0, 0.05) is 29.1 Å². The molecule has 0 aliphatic rings. The lowest BCUT2D eigenvalue weighted by Gasteiger charge is -2.03. The molecule has 0 saturated carbocycles. The van der Waals surface area contributed by atoms with Crippen molar-refractivity contribution in [2.45, 2.75) is 18.7 Å². The third-order valence-electron chi connectivity index (χ3n) is 3.77. The molecule has 3 rings (SSSR count). The Labute approximate surface area is 153 Å². The smallest absolute Gasteiger partial charge is 0.339 e. The number of nitro groups is 1. The van der Waals surface area contributed by atoms with Gasteiger partial charge in [0.1, 0.15) is 16.2 Å². The number of phenols is 1. The highest BCUT2D eigenvalue weighted by Crippen LogP contribution is 2.22. The zero-order chi connectivity index (χ0) is 20.4. The summed E-state index contributed by atoms with van der Waals surface area (Å²) in [6, 6.07) is 8.95. The molecule has 0 aliphatic heterocycles. The maximum Gasteiger partial charge on any atom is 0.339 e. The van der Waals surface area contributed by atoms with Gasteiger partial charge in [-0.25, -0.2) is 4.79 Å². The Morgan fingerprint density at radius 3 is 2.33 bits per heavy atom. The third-order valence-corrected chi connectivity index (χ3v) is 4.62. The second kappa shape index (κ2) is 7.56. The fraction of sp³-hybridized carbons (Fsp3) is 0.118. The minimum absolute atomic E-state index is 0.101. The zero-order valence-corrected chi connectivity index (χ0v) is 15.1. The molecule has 3 aromatic rings. The van der Waals surface area contributed by atoms with Crippen molar-refractivity contribution >= 4 is 26.8 Å². The van der Waals surface area contributed by atoms with E-state index in [0.717, 1.165) is 29.1 Å². The number of fused-ring (bicyclic) bond motifs is 1. The number of benzene rings is 2. The first-order valence-corrected chi connectivity index (χ1v) is 8.89. The SMILES string of the molecule is Cc1c(C)c2ccc(O)cc2oc1=O.O=[N+]([O-])c1cccc(S(=O)(=O)O)c1. The number of hydrogen-bond donors (Lipinski definition) is 2. The van der Waals surface area contributed by atoms with Crippen molar-refractivity contribution in [2.75, 3.05) is 0 Å². The number of nitro benzene ring substituents is 1. The lowest BCUT2D eigenvalue weighted by Crippen LogP contribution is -2.05. The Morgan fingerprint density at radius 2 is 1.74 bits per heavy atom. The number of nitrogens with zero attached hydrogens (tertiary/aromatic N) is 1. The zero-order valence-electron chi connectivity index (χ0n) is 14.2. The third kappa shape index (κ3) is 4.68. The summed E-state index contributed by atoms with van der Waals surface area (Å²) >= 11 is 0. The largest absolute Gasteiger partial charge is 0.508 e. The number of rotatable bonds is 2. The maximum absolute atomic E-state index is 11.3. The predicted octanol–water partition coefficient (Wildman–Crippen LogP) is 2.96. The van der Waals surface area contributed by atoms with E-state index in [0.29, 0.717) is 11.1 Å². The molecule has 0 aliphatic carbocycles. The quantitative estimate of drug-likeness (QED) is 0.292. The Hall–Kier alpha value is -3.24. The minimum atomic E-state index is -4.36. The maximum atomic E-state index is 11.3. The van der Waals surface area contributed by atoms with Gasteiger partial charge in [-0.15, -0.1) is 0 Å². The molecule has 10 heteroatoms. The Kier molecular flexibility index (Phi) is 5.62. The molecule has 142 valence electrons. The van der Waals surface area contributed by atoms with Gasteiger partial charge in [-0.2, -0.15) is 8.42 Å². The average Bonchev–Trinajstić information content (AvgIpc) is 2.59. The molecule has 9 nitrogen and oxygen atoms in total. The van der Waals surface area contributed by atoms with Gasteiger partial charge in [-0.05, 0) is 37.6 Å². The number of non-ortho nitro benzene ring substituents is 1. The summed E-state index contributed by atoms with van der Waals surface area (Å²) < 4.78 is 34.7. The molecule has 27 heavy (non-hydrogen) atoms. The van der Waals surface area contributed by atoms with Gasteiger partial charge >= 0.3 is 5.63 Å². The van der Waals surface area contributed by atoms with Crippen LogP contribution in [0, 0.1) is 24.0 Å². The van der Waals surface area contributed by atoms with E-state index < -0.39 is 19.9 Å². The minimum Gasteiger partial charge on any atom is -0.508 e. The molecule has 1 aromatic heterocycles. The molecule has 0 atom stereocenters. The van der Waals surface area contributed by atoms with Crippen LogP contribution in [-0.2, 0) is 10.1 Å². The highest BCUT2D eigenvalue weighted by molar-refractivity contribution is 7.85. The van der Waals surface area contributed by atoms with Crippen LogP contribution < -0.4 is 5.63 Å². The van der Waals surface area contributed by atoms with Crippen molar-refractivity contribution in [3.8, 4) is 5.75 Å². The van der Waals surface area contributed by atoms with E-state index >= 15 is 0 Å². The van der Waals surface area contributed by atoms with Crippen LogP contribution in [-0.4, -0.2) is 23.0 Å². The van der Waals surface area contributed by atoms with Crippen LogP contribution in [0.4, 0.5) is 5.69 Å². The van der Waals surface area contributed by atoms with Crippen molar-refractivity contribution in [1.82, 2.24) is 0 Å². The van der Waals surface area contributed by atoms with Crippen molar-refractivity contribution < 1.29 is 27.4 Å². The van der Waals surface area contributed by atoms with Crippen molar-refractivity contribution in [2.24, 2.45) is 0 Å². The molecule has 0 bridgehead atoms. The Bertz CT molecular complexity index is 1180. The normalized spacial score (nSPS) is 10.9. The van der Waals surface area contributed by atoms with Crippen molar-refractivity contribution in [1.29, 1.82) is 0 Å². The summed E-state index contributed by atoms with van der Waals surface area (Å²) in [5.74, 6) is 0.101. The molecule has 1 heterocycles. The van der Waals surface area contributed by atoms with Crippen molar-refractivity contribution in [3.05, 3.63) is 74.1 Å². The molecule has 0 saturated heterocycles. The second-order valence-electron chi connectivity index (χ2n) is 5.55. The summed E-state index contributed by atoms with van der Waals surface area (Å²) in [6.45, 7) is 3.60. The first-order chi connectivity index (χ1) is 12.5. The van der Waals surface area contributed by atoms with Gasteiger partial charge in [-0.3, -0.25) is 14.7 Å². The first kappa shape index (κ1) is 20.1. The molecule has 0 amide bonds. The number of hydrogen-bond acceptors (Lipinski definition) is 7. The van der Waals surface area contributed by atoms with Crippen LogP contribution in [0.25, 0.3) is 11.0 Å². The van der Waals surface area contributed by atoms with Crippen LogP contribution >= 0.6 is 0 Å². The van der Waals surface area contributed by atoms with Crippen molar-refractivity contribution in [3.63, 3.8) is 0 Å². The Morgan fingerprint density at radius 1 is 1.07 bits per heavy atom. The van der Waals surface area contributed by atoms with E-state index in [9.17, 15) is 28.4 Å². The van der Waals surface area contributed by atoms with Crippen LogP contribution in [0.3, 0.4) is 0 Å². The summed E-state index contributed by atoms with van der Waals surface area (Å²) in [5, 5.41) is 20.3. The monoisotopic (exact) mass is 393 g/mol. The van der Waals surface area contributed by atoms with Gasteiger partial charge < -0.3 is 9.52 Å². The lowest BCUT2D eigenvalue weighted by molar-refractivity contribution is -0.385. The molecule has 0 radical (unpaired) electrons. The highest BCUT2D eigenvalue weighted by atomic mass is 32.2. The van der Waals surface area contributed by atoms with E-state index in [1.54, 1.807) is 19.1 Å². The number of aryl methyl sites for hydroxylation is 1. The predicted molar refractivity (Wildman–Crippen MR) is 96.5 cm³/mol. The fourth-order valence-corrected chi connectivity index (χ4v) is 2.71. The van der Waals surface area contributed by atoms with Gasteiger partial charge in [-0.1, -0.05) is 6.07 Å². The molecule has 0 spiro atoms. The molecule has 0 unspecified atom stereocenters. The topological polar surface area (TPSA) is 148 Å². The second-order valence-corrected chi connectivity index (χ2v) is 6.97. The molecule has 0 fully saturated rings. The van der Waals surface area contributed by atoms with E-state index in [1.165, 1.54) is 12.1 Å². The first-order valence-electron chi connectivity index (χ1n) is 7.45. The fourth-order valence-electron chi connectivity index (χ4n) is 2.19. The molecule has 2 aromatic carbocycles. The summed E-state index contributed by atoms with van der Waals surface area (Å²) in [5.41, 5.74) is 1.22. The lowest BCUT2D eigenvalue weighted by atomic mass is 10.1. The van der Waals surface area contributed by atoms with Gasteiger partial charge in [0.2, 0.25) is 0 Å². The summed E-state index contributed by atoms with van der Waals surface area (Å²) in [4.78, 5) is 20.3. The van der Waals surface area contributed by atoms with Crippen LogP contribution in [0.15, 0.2) is 56.6 Å². The van der Waals surface area contributed by atoms with Gasteiger partial charge in [0.15, 0.2) is 0 Å². The average molecular weight is 393 g/mol.